The SMILES string of the molecule is Fc1ncccc1-c1ccnc(OCc2ccccc2)c1OCc1ccccc1. The molecule has 2 heterocycles. The first-order valence-electron chi connectivity index (χ1n) is 9.24. The van der Waals surface area contributed by atoms with Crippen LogP contribution in [-0.2, 0) is 13.2 Å². The lowest BCUT2D eigenvalue weighted by molar-refractivity contribution is 0.248. The zero-order chi connectivity index (χ0) is 19.9. The Morgan fingerprint density at radius 3 is 1.93 bits per heavy atom. The van der Waals surface area contributed by atoms with E-state index in [0.717, 1.165) is 11.1 Å². The van der Waals surface area contributed by atoms with E-state index >= 15 is 0 Å². The molecule has 2 aromatic carbocycles. The molecule has 144 valence electrons. The van der Waals surface area contributed by atoms with Crippen LogP contribution in [0.25, 0.3) is 11.1 Å². The quantitative estimate of drug-likeness (QED) is 0.397. The zero-order valence-electron chi connectivity index (χ0n) is 15.7. The third-order valence-electron chi connectivity index (χ3n) is 4.37. The number of hydrogen-bond acceptors (Lipinski definition) is 4. The van der Waals surface area contributed by atoms with Crippen molar-refractivity contribution in [2.75, 3.05) is 0 Å². The molecular weight excluding hydrogens is 367 g/mol. The van der Waals surface area contributed by atoms with Crippen molar-refractivity contribution >= 4 is 0 Å². The third kappa shape index (κ3) is 4.58. The van der Waals surface area contributed by atoms with Gasteiger partial charge in [0.2, 0.25) is 5.95 Å². The van der Waals surface area contributed by atoms with Crippen LogP contribution in [0.1, 0.15) is 11.1 Å². The van der Waals surface area contributed by atoms with Crippen molar-refractivity contribution in [3.8, 4) is 22.8 Å². The average Bonchev–Trinajstić information content (AvgIpc) is 2.78. The van der Waals surface area contributed by atoms with Gasteiger partial charge in [0.1, 0.15) is 13.2 Å². The van der Waals surface area contributed by atoms with Crippen LogP contribution >= 0.6 is 0 Å². The van der Waals surface area contributed by atoms with Crippen LogP contribution in [0.5, 0.6) is 11.6 Å². The van der Waals surface area contributed by atoms with Gasteiger partial charge >= 0.3 is 0 Å². The van der Waals surface area contributed by atoms with Gasteiger partial charge in [-0.2, -0.15) is 4.39 Å². The molecule has 0 aliphatic rings. The summed E-state index contributed by atoms with van der Waals surface area (Å²) in [6.07, 6.45) is 2.99. The fourth-order valence-corrected chi connectivity index (χ4v) is 2.93. The van der Waals surface area contributed by atoms with E-state index < -0.39 is 5.95 Å². The van der Waals surface area contributed by atoms with Crippen molar-refractivity contribution in [1.82, 2.24) is 9.97 Å². The lowest BCUT2D eigenvalue weighted by Crippen LogP contribution is -2.04. The Morgan fingerprint density at radius 2 is 1.28 bits per heavy atom. The van der Waals surface area contributed by atoms with Gasteiger partial charge in [0.25, 0.3) is 5.88 Å². The molecule has 0 unspecified atom stereocenters. The van der Waals surface area contributed by atoms with Crippen molar-refractivity contribution in [1.29, 1.82) is 0 Å². The van der Waals surface area contributed by atoms with Crippen molar-refractivity contribution < 1.29 is 13.9 Å². The summed E-state index contributed by atoms with van der Waals surface area (Å²) in [5, 5.41) is 0. The Kier molecular flexibility index (Phi) is 5.76. The second-order valence-electron chi connectivity index (χ2n) is 6.38. The van der Waals surface area contributed by atoms with E-state index in [1.165, 1.54) is 6.20 Å². The first-order chi connectivity index (χ1) is 14.3. The summed E-state index contributed by atoms with van der Waals surface area (Å²) in [5.74, 6) is 0.127. The monoisotopic (exact) mass is 386 g/mol. The van der Waals surface area contributed by atoms with Gasteiger partial charge in [0.05, 0.1) is 0 Å². The smallest absolute Gasteiger partial charge is 0.258 e. The Labute approximate surface area is 168 Å². The molecule has 2 aromatic heterocycles. The number of hydrogen-bond donors (Lipinski definition) is 0. The second kappa shape index (κ2) is 8.97. The summed E-state index contributed by atoms with van der Waals surface area (Å²) in [6, 6.07) is 24.6. The lowest BCUT2D eigenvalue weighted by Gasteiger charge is -2.16. The topological polar surface area (TPSA) is 44.2 Å². The molecule has 4 aromatic rings. The highest BCUT2D eigenvalue weighted by Gasteiger charge is 2.18. The standard InChI is InChI=1S/C24H19FN2O2/c25-23-21(12-7-14-26-23)20-13-15-27-24(29-17-19-10-5-2-6-11-19)22(20)28-16-18-8-3-1-4-9-18/h1-15H,16-17H2. The normalized spacial score (nSPS) is 10.5. The Balaban J connectivity index is 1.67. The molecule has 4 nitrogen and oxygen atoms in total. The molecule has 0 bridgehead atoms. The minimum absolute atomic E-state index is 0.309. The molecule has 0 spiro atoms. The average molecular weight is 386 g/mol. The molecule has 0 radical (unpaired) electrons. The summed E-state index contributed by atoms with van der Waals surface area (Å²) in [6.45, 7) is 0.637. The number of nitrogens with zero attached hydrogens (tertiary/aromatic N) is 2. The minimum atomic E-state index is -0.572. The molecule has 0 fully saturated rings. The molecule has 0 atom stereocenters. The van der Waals surface area contributed by atoms with Gasteiger partial charge in [-0.15, -0.1) is 0 Å². The fourth-order valence-electron chi connectivity index (χ4n) is 2.93. The van der Waals surface area contributed by atoms with Crippen molar-refractivity contribution in [3.05, 3.63) is 108 Å². The predicted octanol–water partition coefficient (Wildman–Crippen LogP) is 5.44. The molecule has 0 aliphatic heterocycles. The van der Waals surface area contributed by atoms with Gasteiger partial charge in [0, 0.05) is 23.5 Å². The largest absolute Gasteiger partial charge is 0.483 e. The van der Waals surface area contributed by atoms with Gasteiger partial charge in [0.15, 0.2) is 5.75 Å². The number of ether oxygens (including phenoxy) is 2. The van der Waals surface area contributed by atoms with Gasteiger partial charge in [-0.1, -0.05) is 60.7 Å². The van der Waals surface area contributed by atoms with Crippen LogP contribution in [0.15, 0.2) is 91.3 Å². The van der Waals surface area contributed by atoms with Crippen LogP contribution in [0, 0.1) is 5.95 Å². The lowest BCUT2D eigenvalue weighted by atomic mass is 10.1. The molecular formula is C24H19FN2O2. The maximum absolute atomic E-state index is 14.4. The van der Waals surface area contributed by atoms with E-state index in [0.29, 0.717) is 36.0 Å². The summed E-state index contributed by atoms with van der Waals surface area (Å²) >= 11 is 0. The summed E-state index contributed by atoms with van der Waals surface area (Å²) < 4.78 is 26.4. The molecule has 0 aliphatic carbocycles. The van der Waals surface area contributed by atoms with Gasteiger partial charge < -0.3 is 9.47 Å². The van der Waals surface area contributed by atoms with Crippen LogP contribution in [0.2, 0.25) is 0 Å². The van der Waals surface area contributed by atoms with Crippen molar-refractivity contribution in [3.63, 3.8) is 0 Å². The van der Waals surface area contributed by atoms with Crippen LogP contribution in [0.3, 0.4) is 0 Å². The molecule has 5 heteroatoms. The van der Waals surface area contributed by atoms with Gasteiger partial charge in [-0.25, -0.2) is 9.97 Å². The van der Waals surface area contributed by atoms with E-state index in [9.17, 15) is 4.39 Å². The predicted molar refractivity (Wildman–Crippen MR) is 109 cm³/mol. The Bertz CT molecular complexity index is 1070. The Hall–Kier alpha value is -3.73. The summed E-state index contributed by atoms with van der Waals surface area (Å²) in [7, 11) is 0. The first kappa shape index (κ1) is 18.6. The summed E-state index contributed by atoms with van der Waals surface area (Å²) in [5.41, 5.74) is 2.87. The first-order valence-corrected chi connectivity index (χ1v) is 9.24. The number of benzene rings is 2. The van der Waals surface area contributed by atoms with E-state index in [1.807, 2.05) is 60.7 Å². The van der Waals surface area contributed by atoms with Gasteiger partial charge in [-0.3, -0.25) is 0 Å². The molecule has 29 heavy (non-hydrogen) atoms. The third-order valence-corrected chi connectivity index (χ3v) is 4.37. The van der Waals surface area contributed by atoms with Crippen LogP contribution < -0.4 is 9.47 Å². The molecule has 4 rings (SSSR count). The van der Waals surface area contributed by atoms with E-state index in [-0.39, 0.29) is 0 Å². The highest BCUT2D eigenvalue weighted by molar-refractivity contribution is 5.72. The minimum Gasteiger partial charge on any atom is -0.483 e. The van der Waals surface area contributed by atoms with E-state index in [1.54, 1.807) is 24.4 Å². The maximum atomic E-state index is 14.4. The van der Waals surface area contributed by atoms with E-state index in [2.05, 4.69) is 9.97 Å². The van der Waals surface area contributed by atoms with Crippen LogP contribution in [-0.4, -0.2) is 9.97 Å². The second-order valence-corrected chi connectivity index (χ2v) is 6.38. The van der Waals surface area contributed by atoms with Crippen molar-refractivity contribution in [2.24, 2.45) is 0 Å². The number of aromatic nitrogens is 2. The van der Waals surface area contributed by atoms with E-state index in [4.69, 9.17) is 9.47 Å². The van der Waals surface area contributed by atoms with Crippen LogP contribution in [0.4, 0.5) is 4.39 Å². The summed E-state index contributed by atoms with van der Waals surface area (Å²) in [4.78, 5) is 8.09. The number of rotatable bonds is 7. The molecule has 0 saturated carbocycles. The fraction of sp³-hybridized carbons (Fsp3) is 0.0833. The van der Waals surface area contributed by atoms with Gasteiger partial charge in [-0.05, 0) is 29.3 Å². The number of pyridine rings is 2. The molecule has 0 amide bonds. The number of halogens is 1. The highest BCUT2D eigenvalue weighted by atomic mass is 19.1. The maximum Gasteiger partial charge on any atom is 0.258 e. The van der Waals surface area contributed by atoms with Crippen molar-refractivity contribution in [2.45, 2.75) is 13.2 Å². The Morgan fingerprint density at radius 1 is 0.621 bits per heavy atom. The highest BCUT2D eigenvalue weighted by Crippen LogP contribution is 2.38. The zero-order valence-corrected chi connectivity index (χ0v) is 15.7. The molecule has 0 N–H and O–H groups in total. The molecule has 0 saturated heterocycles.